The molecule has 0 bridgehead atoms. The van der Waals surface area contributed by atoms with Crippen LogP contribution in [0.15, 0.2) is 41.8 Å². The number of hydrogen-bond acceptors (Lipinski definition) is 6. The van der Waals surface area contributed by atoms with Crippen molar-refractivity contribution < 1.29 is 14.3 Å². The zero-order valence-electron chi connectivity index (χ0n) is 15.3. The Labute approximate surface area is 184 Å². The van der Waals surface area contributed by atoms with Crippen LogP contribution in [0.3, 0.4) is 0 Å². The predicted molar refractivity (Wildman–Crippen MR) is 120 cm³/mol. The van der Waals surface area contributed by atoms with Gasteiger partial charge in [0.05, 0.1) is 24.9 Å². The van der Waals surface area contributed by atoms with E-state index in [1.165, 1.54) is 22.7 Å². The van der Waals surface area contributed by atoms with E-state index in [1.807, 2.05) is 29.6 Å². The molecule has 4 aromatic rings. The average Bonchev–Trinajstić information content (AvgIpc) is 3.31. The second-order valence-corrected chi connectivity index (χ2v) is 8.67. The number of thiazole rings is 1. The first-order chi connectivity index (χ1) is 14.0. The lowest BCUT2D eigenvalue weighted by Gasteiger charge is -2.08. The number of benzene rings is 2. The number of amides is 1. The smallest absolute Gasteiger partial charge is 0.269 e. The van der Waals surface area contributed by atoms with Crippen LogP contribution >= 0.6 is 45.9 Å². The van der Waals surface area contributed by atoms with Crippen LogP contribution in [0, 0.1) is 0 Å². The molecule has 29 heavy (non-hydrogen) atoms. The maximum absolute atomic E-state index is 12.7. The number of anilines is 1. The van der Waals surface area contributed by atoms with Gasteiger partial charge in [0, 0.05) is 26.1 Å². The molecule has 1 amide bonds. The summed E-state index contributed by atoms with van der Waals surface area (Å²) in [5, 5.41) is 6.98. The van der Waals surface area contributed by atoms with Crippen LogP contribution in [-0.2, 0) is 0 Å². The molecule has 4 rings (SSSR count). The zero-order valence-corrected chi connectivity index (χ0v) is 18.4. The summed E-state index contributed by atoms with van der Waals surface area (Å²) >= 11 is 15.1. The van der Waals surface area contributed by atoms with Crippen LogP contribution < -0.4 is 14.8 Å². The fraction of sp³-hybridized carbons (Fsp3) is 0.100. The number of carbonyl (C=O) groups excluding carboxylic acids is 1. The maximum Gasteiger partial charge on any atom is 0.269 e. The van der Waals surface area contributed by atoms with E-state index in [9.17, 15) is 4.79 Å². The normalized spacial score (nSPS) is 10.9. The van der Waals surface area contributed by atoms with Crippen molar-refractivity contribution in [1.29, 1.82) is 0 Å². The Bertz CT molecular complexity index is 1220. The molecule has 0 saturated carbocycles. The summed E-state index contributed by atoms with van der Waals surface area (Å²) < 4.78 is 11.5. The van der Waals surface area contributed by atoms with Gasteiger partial charge >= 0.3 is 0 Å². The molecular weight excluding hydrogens is 451 g/mol. The molecule has 2 aromatic heterocycles. The van der Waals surface area contributed by atoms with Crippen molar-refractivity contribution in [2.45, 2.75) is 0 Å². The van der Waals surface area contributed by atoms with Crippen LogP contribution in [0.25, 0.3) is 21.3 Å². The highest BCUT2D eigenvalue weighted by atomic mass is 35.5. The number of aromatic nitrogens is 1. The molecule has 0 saturated heterocycles. The average molecular weight is 465 g/mol. The highest BCUT2D eigenvalue weighted by Gasteiger charge is 2.19. The number of methoxy groups -OCH3 is 2. The highest BCUT2D eigenvalue weighted by molar-refractivity contribution is 7.22. The van der Waals surface area contributed by atoms with Gasteiger partial charge in [0.15, 0.2) is 16.6 Å². The van der Waals surface area contributed by atoms with E-state index in [1.54, 1.807) is 26.4 Å². The standard InChI is InChI=1S/C20H14Cl2N2O3S2/c1-26-14-6-3-10(7-15(14)27-2)13-9-28-20(23-13)24-19(25)18-17(22)12-5-4-11(21)8-16(12)29-18/h3-9H,1-2H3,(H,23,24,25). The highest BCUT2D eigenvalue weighted by Crippen LogP contribution is 2.38. The molecule has 0 aliphatic carbocycles. The molecule has 0 radical (unpaired) electrons. The van der Waals surface area contributed by atoms with Gasteiger partial charge in [-0.2, -0.15) is 0 Å². The monoisotopic (exact) mass is 464 g/mol. The van der Waals surface area contributed by atoms with E-state index >= 15 is 0 Å². The van der Waals surface area contributed by atoms with Crippen molar-refractivity contribution in [3.05, 3.63) is 56.7 Å². The minimum atomic E-state index is -0.305. The number of halogens is 2. The van der Waals surface area contributed by atoms with Crippen molar-refractivity contribution in [3.8, 4) is 22.8 Å². The first kappa shape index (κ1) is 20.0. The molecule has 0 unspecified atom stereocenters. The minimum Gasteiger partial charge on any atom is -0.493 e. The lowest BCUT2D eigenvalue weighted by molar-refractivity contribution is 0.103. The van der Waals surface area contributed by atoms with Crippen molar-refractivity contribution in [2.24, 2.45) is 0 Å². The number of ether oxygens (including phenoxy) is 2. The molecule has 2 heterocycles. The molecule has 148 valence electrons. The number of rotatable bonds is 5. The Balaban J connectivity index is 1.58. The van der Waals surface area contributed by atoms with Gasteiger partial charge in [0.1, 0.15) is 4.88 Å². The van der Waals surface area contributed by atoms with Crippen LogP contribution in [-0.4, -0.2) is 25.1 Å². The van der Waals surface area contributed by atoms with Crippen molar-refractivity contribution in [2.75, 3.05) is 19.5 Å². The van der Waals surface area contributed by atoms with E-state index in [4.69, 9.17) is 32.7 Å². The number of nitrogens with zero attached hydrogens (tertiary/aromatic N) is 1. The lowest BCUT2D eigenvalue weighted by atomic mass is 10.1. The van der Waals surface area contributed by atoms with Crippen molar-refractivity contribution in [1.82, 2.24) is 4.98 Å². The zero-order chi connectivity index (χ0) is 20.5. The molecule has 1 N–H and O–H groups in total. The van der Waals surface area contributed by atoms with Gasteiger partial charge < -0.3 is 9.47 Å². The molecule has 5 nitrogen and oxygen atoms in total. The van der Waals surface area contributed by atoms with E-state index in [2.05, 4.69) is 10.3 Å². The fourth-order valence-electron chi connectivity index (χ4n) is 2.80. The van der Waals surface area contributed by atoms with Crippen LogP contribution in [0.5, 0.6) is 11.5 Å². The Morgan fingerprint density at radius 2 is 1.86 bits per heavy atom. The van der Waals surface area contributed by atoms with E-state index in [-0.39, 0.29) is 5.91 Å². The molecule has 0 atom stereocenters. The summed E-state index contributed by atoms with van der Waals surface area (Å²) in [5.74, 6) is 0.944. The van der Waals surface area contributed by atoms with Gasteiger partial charge in [-0.15, -0.1) is 22.7 Å². The lowest BCUT2D eigenvalue weighted by Crippen LogP contribution is -2.10. The van der Waals surface area contributed by atoms with Gasteiger partial charge in [-0.1, -0.05) is 29.3 Å². The van der Waals surface area contributed by atoms with Crippen LogP contribution in [0.2, 0.25) is 10.0 Å². The topological polar surface area (TPSA) is 60.5 Å². The first-order valence-electron chi connectivity index (χ1n) is 8.37. The van der Waals surface area contributed by atoms with Gasteiger partial charge in [-0.3, -0.25) is 10.1 Å². The van der Waals surface area contributed by atoms with Crippen molar-refractivity contribution >= 4 is 67.0 Å². The molecular formula is C20H14Cl2N2O3S2. The largest absolute Gasteiger partial charge is 0.493 e. The number of fused-ring (bicyclic) bond motifs is 1. The second kappa shape index (κ2) is 8.20. The number of thiophene rings is 1. The summed E-state index contributed by atoms with van der Waals surface area (Å²) in [6.07, 6.45) is 0. The Morgan fingerprint density at radius 3 is 2.62 bits per heavy atom. The van der Waals surface area contributed by atoms with Crippen molar-refractivity contribution in [3.63, 3.8) is 0 Å². The number of nitrogens with one attached hydrogen (secondary N) is 1. The molecule has 9 heteroatoms. The Kier molecular flexibility index (Phi) is 5.65. The summed E-state index contributed by atoms with van der Waals surface area (Å²) in [7, 11) is 3.16. The Hall–Kier alpha value is -2.32. The van der Waals surface area contributed by atoms with E-state index in [0.29, 0.717) is 31.6 Å². The molecule has 0 spiro atoms. The van der Waals surface area contributed by atoms with Crippen LogP contribution in [0.4, 0.5) is 5.13 Å². The SMILES string of the molecule is COc1ccc(-c2csc(NC(=O)c3sc4cc(Cl)ccc4c3Cl)n2)cc1OC. The summed E-state index contributed by atoms with van der Waals surface area (Å²) in [6.45, 7) is 0. The second-order valence-electron chi connectivity index (χ2n) is 5.95. The summed E-state index contributed by atoms with van der Waals surface area (Å²) in [6, 6.07) is 10.9. The third-order valence-corrected chi connectivity index (χ3v) is 6.85. The molecule has 0 aliphatic heterocycles. The quantitative estimate of drug-likeness (QED) is 0.361. The van der Waals surface area contributed by atoms with E-state index in [0.717, 1.165) is 21.3 Å². The summed E-state index contributed by atoms with van der Waals surface area (Å²) in [5.41, 5.74) is 1.58. The summed E-state index contributed by atoms with van der Waals surface area (Å²) in [4.78, 5) is 17.7. The van der Waals surface area contributed by atoms with E-state index < -0.39 is 0 Å². The van der Waals surface area contributed by atoms with Gasteiger partial charge in [-0.25, -0.2) is 4.98 Å². The molecule has 0 fully saturated rings. The molecule has 2 aromatic carbocycles. The van der Waals surface area contributed by atoms with Gasteiger partial charge in [-0.05, 0) is 30.3 Å². The first-order valence-corrected chi connectivity index (χ1v) is 10.8. The fourth-order valence-corrected chi connectivity index (χ4v) is 5.20. The third-order valence-electron chi connectivity index (χ3n) is 4.20. The van der Waals surface area contributed by atoms with Gasteiger partial charge in [0.2, 0.25) is 0 Å². The maximum atomic E-state index is 12.7. The van der Waals surface area contributed by atoms with Gasteiger partial charge in [0.25, 0.3) is 5.91 Å². The Morgan fingerprint density at radius 1 is 1.07 bits per heavy atom. The molecule has 0 aliphatic rings. The minimum absolute atomic E-state index is 0.305. The number of hydrogen-bond donors (Lipinski definition) is 1. The number of carbonyl (C=O) groups is 1. The van der Waals surface area contributed by atoms with Crippen LogP contribution in [0.1, 0.15) is 9.67 Å². The predicted octanol–water partition coefficient (Wildman–Crippen LogP) is 6.60. The third kappa shape index (κ3) is 3.91.